The molecular weight excluding hydrogens is 218 g/mol. The number of likely N-dealkylation sites (tertiary alicyclic amines) is 1. The third-order valence-corrected chi connectivity index (χ3v) is 4.11. The van der Waals surface area contributed by atoms with Gasteiger partial charge in [0.15, 0.2) is 5.78 Å². The lowest BCUT2D eigenvalue weighted by Crippen LogP contribution is -2.44. The van der Waals surface area contributed by atoms with Crippen molar-refractivity contribution < 1.29 is 14.4 Å². The topological polar surface area (TPSA) is 54.5 Å². The third-order valence-electron chi connectivity index (χ3n) is 4.11. The lowest BCUT2D eigenvalue weighted by molar-refractivity contribution is -0.147. The highest BCUT2D eigenvalue weighted by Crippen LogP contribution is 2.43. The van der Waals surface area contributed by atoms with Gasteiger partial charge in [0.05, 0.1) is 17.9 Å². The van der Waals surface area contributed by atoms with Gasteiger partial charge in [-0.05, 0) is 25.7 Å². The summed E-state index contributed by atoms with van der Waals surface area (Å²) in [4.78, 5) is 37.2. The summed E-state index contributed by atoms with van der Waals surface area (Å²) in [7, 11) is 0. The lowest BCUT2D eigenvalue weighted by atomic mass is 10.00. The van der Waals surface area contributed by atoms with Crippen molar-refractivity contribution >= 4 is 17.6 Å². The van der Waals surface area contributed by atoms with Crippen LogP contribution in [0.4, 0.5) is 0 Å². The van der Waals surface area contributed by atoms with Gasteiger partial charge >= 0.3 is 0 Å². The number of Topliss-reactive ketones (excluding diaryl/α,β-unsaturated/α-hetero) is 1. The Bertz CT molecular complexity index is 353. The standard InChI is InChI=1S/C13H19NO3/c1-4-11(15)8(3)14-12(16)9-5-7(2)6-10(9)13(14)17/h7-10H,4-6H2,1-3H3. The van der Waals surface area contributed by atoms with Crippen molar-refractivity contribution in [3.8, 4) is 0 Å². The number of carbonyl (C=O) groups is 3. The Morgan fingerprint density at radius 1 is 1.29 bits per heavy atom. The van der Waals surface area contributed by atoms with E-state index in [9.17, 15) is 14.4 Å². The molecule has 3 unspecified atom stereocenters. The highest BCUT2D eigenvalue weighted by Gasteiger charge is 2.53. The third kappa shape index (κ3) is 1.79. The summed E-state index contributed by atoms with van der Waals surface area (Å²) in [5.41, 5.74) is 0. The second-order valence-corrected chi connectivity index (χ2v) is 5.33. The van der Waals surface area contributed by atoms with E-state index < -0.39 is 6.04 Å². The van der Waals surface area contributed by atoms with Crippen LogP contribution in [0.15, 0.2) is 0 Å². The van der Waals surface area contributed by atoms with Crippen LogP contribution in [0, 0.1) is 17.8 Å². The minimum atomic E-state index is -0.582. The fourth-order valence-electron chi connectivity index (χ4n) is 3.12. The number of carbonyl (C=O) groups excluding carboxylic acids is 3. The van der Waals surface area contributed by atoms with Gasteiger partial charge in [-0.1, -0.05) is 13.8 Å². The van der Waals surface area contributed by atoms with Crippen LogP contribution in [0.1, 0.15) is 40.0 Å². The number of ketones is 1. The van der Waals surface area contributed by atoms with Crippen molar-refractivity contribution in [2.24, 2.45) is 17.8 Å². The minimum Gasteiger partial charge on any atom is -0.297 e. The van der Waals surface area contributed by atoms with Crippen LogP contribution in [0.3, 0.4) is 0 Å². The van der Waals surface area contributed by atoms with Gasteiger partial charge in [-0.25, -0.2) is 0 Å². The number of imide groups is 1. The number of fused-ring (bicyclic) bond motifs is 1. The number of hydrogen-bond donors (Lipinski definition) is 0. The van der Waals surface area contributed by atoms with E-state index in [2.05, 4.69) is 6.92 Å². The maximum Gasteiger partial charge on any atom is 0.233 e. The van der Waals surface area contributed by atoms with Crippen molar-refractivity contribution in [3.05, 3.63) is 0 Å². The number of amides is 2. The molecule has 2 fully saturated rings. The zero-order valence-corrected chi connectivity index (χ0v) is 10.6. The molecule has 1 saturated carbocycles. The van der Waals surface area contributed by atoms with Gasteiger partial charge in [0.25, 0.3) is 0 Å². The van der Waals surface area contributed by atoms with E-state index in [1.807, 2.05) is 0 Å². The smallest absolute Gasteiger partial charge is 0.233 e. The molecule has 17 heavy (non-hydrogen) atoms. The number of hydrogen-bond acceptors (Lipinski definition) is 3. The molecule has 0 N–H and O–H groups in total. The van der Waals surface area contributed by atoms with Crippen LogP contribution in [0.2, 0.25) is 0 Å². The second-order valence-electron chi connectivity index (χ2n) is 5.33. The molecule has 2 aliphatic rings. The SMILES string of the molecule is CCC(=O)C(C)N1C(=O)C2CC(C)CC2C1=O. The lowest BCUT2D eigenvalue weighted by Gasteiger charge is -2.22. The van der Waals surface area contributed by atoms with Gasteiger partial charge in [-0.3, -0.25) is 19.3 Å². The summed E-state index contributed by atoms with van der Waals surface area (Å²) in [6.45, 7) is 5.49. The molecule has 0 spiro atoms. The molecule has 1 saturated heterocycles. The molecule has 1 heterocycles. The van der Waals surface area contributed by atoms with Gasteiger partial charge in [0.1, 0.15) is 0 Å². The summed E-state index contributed by atoms with van der Waals surface area (Å²) in [6, 6.07) is -0.582. The zero-order valence-electron chi connectivity index (χ0n) is 10.6. The summed E-state index contributed by atoms with van der Waals surface area (Å²) < 4.78 is 0. The van der Waals surface area contributed by atoms with Crippen LogP contribution in [-0.4, -0.2) is 28.5 Å². The fourth-order valence-corrected chi connectivity index (χ4v) is 3.12. The van der Waals surface area contributed by atoms with E-state index in [0.29, 0.717) is 12.3 Å². The molecule has 4 nitrogen and oxygen atoms in total. The highest BCUT2D eigenvalue weighted by atomic mass is 16.2. The van der Waals surface area contributed by atoms with E-state index in [1.54, 1.807) is 13.8 Å². The normalized spacial score (nSPS) is 34.1. The van der Waals surface area contributed by atoms with E-state index in [0.717, 1.165) is 12.8 Å². The second kappa shape index (κ2) is 4.24. The van der Waals surface area contributed by atoms with Crippen LogP contribution in [-0.2, 0) is 14.4 Å². The molecular formula is C13H19NO3. The first-order valence-corrected chi connectivity index (χ1v) is 6.37. The average Bonchev–Trinajstić information content (AvgIpc) is 2.77. The van der Waals surface area contributed by atoms with Gasteiger partial charge in [-0.2, -0.15) is 0 Å². The molecule has 0 aromatic heterocycles. The summed E-state index contributed by atoms with van der Waals surface area (Å²) in [5, 5.41) is 0. The van der Waals surface area contributed by atoms with E-state index in [-0.39, 0.29) is 29.4 Å². The Morgan fingerprint density at radius 2 is 1.76 bits per heavy atom. The highest BCUT2D eigenvalue weighted by molar-refractivity contribution is 6.08. The molecule has 1 aliphatic heterocycles. The van der Waals surface area contributed by atoms with Crippen molar-refractivity contribution in [1.29, 1.82) is 0 Å². The Hall–Kier alpha value is -1.19. The predicted molar refractivity (Wildman–Crippen MR) is 62.0 cm³/mol. The minimum absolute atomic E-state index is 0.0419. The molecule has 2 amide bonds. The number of rotatable bonds is 3. The van der Waals surface area contributed by atoms with Crippen LogP contribution in [0.5, 0.6) is 0 Å². The van der Waals surface area contributed by atoms with E-state index in [4.69, 9.17) is 0 Å². The molecule has 2 rings (SSSR count). The predicted octanol–water partition coefficient (Wildman–Crippen LogP) is 1.39. The molecule has 0 aromatic rings. The monoisotopic (exact) mass is 237 g/mol. The molecule has 1 aliphatic carbocycles. The van der Waals surface area contributed by atoms with Crippen LogP contribution in [0.25, 0.3) is 0 Å². The maximum atomic E-state index is 12.2. The summed E-state index contributed by atoms with van der Waals surface area (Å²) in [6.07, 6.45) is 1.95. The van der Waals surface area contributed by atoms with Gasteiger partial charge in [0.2, 0.25) is 11.8 Å². The van der Waals surface area contributed by atoms with Crippen molar-refractivity contribution in [2.45, 2.75) is 46.1 Å². The summed E-state index contributed by atoms with van der Waals surface area (Å²) >= 11 is 0. The first-order valence-electron chi connectivity index (χ1n) is 6.37. The average molecular weight is 237 g/mol. The van der Waals surface area contributed by atoms with E-state index >= 15 is 0 Å². The Kier molecular flexibility index (Phi) is 3.06. The van der Waals surface area contributed by atoms with Crippen LogP contribution >= 0.6 is 0 Å². The van der Waals surface area contributed by atoms with Crippen molar-refractivity contribution in [2.75, 3.05) is 0 Å². The molecule has 0 aromatic carbocycles. The van der Waals surface area contributed by atoms with Gasteiger partial charge in [-0.15, -0.1) is 0 Å². The zero-order chi connectivity index (χ0) is 12.7. The molecule has 0 radical (unpaired) electrons. The molecule has 4 heteroatoms. The Labute approximate surface area is 101 Å². The number of nitrogens with zero attached hydrogens (tertiary/aromatic N) is 1. The van der Waals surface area contributed by atoms with Gasteiger partial charge in [0, 0.05) is 6.42 Å². The molecule has 3 atom stereocenters. The quantitative estimate of drug-likeness (QED) is 0.697. The van der Waals surface area contributed by atoms with E-state index in [1.165, 1.54) is 4.90 Å². The van der Waals surface area contributed by atoms with Crippen LogP contribution < -0.4 is 0 Å². The van der Waals surface area contributed by atoms with Gasteiger partial charge < -0.3 is 0 Å². The maximum absolute atomic E-state index is 12.2. The largest absolute Gasteiger partial charge is 0.297 e. The fraction of sp³-hybridized carbons (Fsp3) is 0.769. The van der Waals surface area contributed by atoms with Crippen molar-refractivity contribution in [3.63, 3.8) is 0 Å². The molecule has 94 valence electrons. The first-order chi connectivity index (χ1) is 7.97. The Balaban J connectivity index is 2.20. The van der Waals surface area contributed by atoms with Crippen molar-refractivity contribution in [1.82, 2.24) is 4.90 Å². The Morgan fingerprint density at radius 3 is 2.18 bits per heavy atom. The first kappa shape index (κ1) is 12.3. The summed E-state index contributed by atoms with van der Waals surface area (Å²) in [5.74, 6) is -0.177. The molecule has 0 bridgehead atoms.